The SMILES string of the molecule is CCC(C(=O)OCc1ccccc1)n1ccc2cc(Cl)ccc21. The van der Waals surface area contributed by atoms with Crippen LogP contribution in [0.25, 0.3) is 10.9 Å². The van der Waals surface area contributed by atoms with Crippen molar-refractivity contribution in [2.75, 3.05) is 0 Å². The van der Waals surface area contributed by atoms with Crippen molar-refractivity contribution in [1.29, 1.82) is 0 Å². The Hall–Kier alpha value is -2.26. The highest BCUT2D eigenvalue weighted by atomic mass is 35.5. The van der Waals surface area contributed by atoms with E-state index in [1.54, 1.807) is 0 Å². The van der Waals surface area contributed by atoms with E-state index in [1.165, 1.54) is 0 Å². The fourth-order valence-corrected chi connectivity index (χ4v) is 2.89. The summed E-state index contributed by atoms with van der Waals surface area (Å²) >= 11 is 6.02. The Morgan fingerprint density at radius 2 is 1.96 bits per heavy atom. The van der Waals surface area contributed by atoms with Crippen molar-refractivity contribution < 1.29 is 9.53 Å². The minimum atomic E-state index is -0.336. The zero-order valence-electron chi connectivity index (χ0n) is 12.9. The summed E-state index contributed by atoms with van der Waals surface area (Å²) in [6.45, 7) is 2.28. The van der Waals surface area contributed by atoms with Crippen molar-refractivity contribution >= 4 is 28.5 Å². The molecule has 0 aliphatic carbocycles. The number of aromatic nitrogens is 1. The first-order valence-corrected chi connectivity index (χ1v) is 8.03. The molecule has 0 aliphatic rings. The molecule has 3 aromatic rings. The molecule has 0 saturated heterocycles. The lowest BCUT2D eigenvalue weighted by atomic mass is 10.2. The van der Waals surface area contributed by atoms with Gasteiger partial charge in [-0.3, -0.25) is 0 Å². The van der Waals surface area contributed by atoms with Gasteiger partial charge in [0.05, 0.1) is 0 Å². The molecule has 3 nitrogen and oxygen atoms in total. The van der Waals surface area contributed by atoms with Gasteiger partial charge in [0.15, 0.2) is 0 Å². The van der Waals surface area contributed by atoms with E-state index in [4.69, 9.17) is 16.3 Å². The molecule has 1 unspecified atom stereocenters. The summed E-state index contributed by atoms with van der Waals surface area (Å²) in [4.78, 5) is 12.5. The summed E-state index contributed by atoms with van der Waals surface area (Å²) in [6.07, 6.45) is 2.58. The summed E-state index contributed by atoms with van der Waals surface area (Å²) in [6, 6.07) is 17.0. The van der Waals surface area contributed by atoms with Gasteiger partial charge in [0, 0.05) is 22.1 Å². The highest BCUT2D eigenvalue weighted by molar-refractivity contribution is 6.31. The van der Waals surface area contributed by atoms with Gasteiger partial charge < -0.3 is 9.30 Å². The smallest absolute Gasteiger partial charge is 0.329 e. The molecule has 1 aromatic heterocycles. The fraction of sp³-hybridized carbons (Fsp3) is 0.211. The van der Waals surface area contributed by atoms with E-state index in [2.05, 4.69) is 0 Å². The molecule has 1 heterocycles. The number of carbonyl (C=O) groups is 1. The van der Waals surface area contributed by atoms with Crippen LogP contribution in [-0.2, 0) is 16.1 Å². The quantitative estimate of drug-likeness (QED) is 0.618. The number of hydrogen-bond acceptors (Lipinski definition) is 2. The molecular weight excluding hydrogens is 310 g/mol. The fourth-order valence-electron chi connectivity index (χ4n) is 2.71. The Morgan fingerprint density at radius 3 is 2.70 bits per heavy atom. The molecule has 0 aliphatic heterocycles. The summed E-state index contributed by atoms with van der Waals surface area (Å²) in [5.41, 5.74) is 1.97. The largest absolute Gasteiger partial charge is 0.459 e. The lowest BCUT2D eigenvalue weighted by Gasteiger charge is -2.17. The third-order valence-corrected chi connectivity index (χ3v) is 4.14. The number of rotatable bonds is 5. The number of esters is 1. The van der Waals surface area contributed by atoms with Crippen molar-refractivity contribution in [3.63, 3.8) is 0 Å². The van der Waals surface area contributed by atoms with Gasteiger partial charge in [-0.1, -0.05) is 48.9 Å². The van der Waals surface area contributed by atoms with Gasteiger partial charge in [-0.2, -0.15) is 0 Å². The third-order valence-electron chi connectivity index (χ3n) is 3.90. The number of hydrogen-bond donors (Lipinski definition) is 0. The van der Waals surface area contributed by atoms with Crippen LogP contribution in [0.15, 0.2) is 60.8 Å². The van der Waals surface area contributed by atoms with E-state index in [1.807, 2.05) is 72.3 Å². The highest BCUT2D eigenvalue weighted by Gasteiger charge is 2.21. The van der Waals surface area contributed by atoms with Crippen LogP contribution in [0, 0.1) is 0 Å². The molecule has 0 radical (unpaired) electrons. The van der Waals surface area contributed by atoms with E-state index < -0.39 is 0 Å². The molecule has 4 heteroatoms. The number of nitrogens with zero attached hydrogens (tertiary/aromatic N) is 1. The topological polar surface area (TPSA) is 31.2 Å². The lowest BCUT2D eigenvalue weighted by molar-refractivity contribution is -0.149. The molecule has 0 bridgehead atoms. The van der Waals surface area contributed by atoms with Gasteiger partial charge in [0.1, 0.15) is 12.6 Å². The first kappa shape index (κ1) is 15.6. The normalized spacial score (nSPS) is 12.3. The molecule has 2 aromatic carbocycles. The van der Waals surface area contributed by atoms with E-state index in [-0.39, 0.29) is 12.0 Å². The zero-order valence-corrected chi connectivity index (χ0v) is 13.7. The number of fused-ring (bicyclic) bond motifs is 1. The van der Waals surface area contributed by atoms with Crippen LogP contribution >= 0.6 is 11.6 Å². The molecule has 0 fully saturated rings. The van der Waals surface area contributed by atoms with Crippen molar-refractivity contribution in [1.82, 2.24) is 4.57 Å². The maximum absolute atomic E-state index is 12.5. The maximum atomic E-state index is 12.5. The molecule has 0 spiro atoms. The molecule has 1 atom stereocenters. The average Bonchev–Trinajstić information content (AvgIpc) is 2.97. The van der Waals surface area contributed by atoms with Gasteiger partial charge >= 0.3 is 5.97 Å². The van der Waals surface area contributed by atoms with Gasteiger partial charge in [0.25, 0.3) is 0 Å². The first-order chi connectivity index (χ1) is 11.2. The molecule has 0 saturated carbocycles. The minimum absolute atomic E-state index is 0.219. The predicted molar refractivity (Wildman–Crippen MR) is 92.5 cm³/mol. The number of ether oxygens (including phenoxy) is 1. The van der Waals surface area contributed by atoms with Crippen molar-refractivity contribution in [2.45, 2.75) is 26.0 Å². The summed E-state index contributed by atoms with van der Waals surface area (Å²) in [5.74, 6) is -0.219. The minimum Gasteiger partial charge on any atom is -0.459 e. The Bertz CT molecular complexity index is 811. The number of halogens is 1. The van der Waals surface area contributed by atoms with Crippen LogP contribution in [0.5, 0.6) is 0 Å². The molecule has 118 valence electrons. The van der Waals surface area contributed by atoms with Crippen LogP contribution in [0.1, 0.15) is 24.9 Å². The van der Waals surface area contributed by atoms with Gasteiger partial charge in [-0.05, 0) is 36.2 Å². The summed E-state index contributed by atoms with van der Waals surface area (Å²) < 4.78 is 7.45. The van der Waals surface area contributed by atoms with Gasteiger partial charge in [0.2, 0.25) is 0 Å². The molecule has 23 heavy (non-hydrogen) atoms. The Morgan fingerprint density at radius 1 is 1.17 bits per heavy atom. The maximum Gasteiger partial charge on any atom is 0.329 e. The standard InChI is InChI=1S/C19H18ClNO2/c1-2-17(19(22)23-13-14-6-4-3-5-7-14)21-11-10-15-12-16(20)8-9-18(15)21/h3-12,17H,2,13H2,1H3. The van der Waals surface area contributed by atoms with E-state index in [0.29, 0.717) is 18.1 Å². The lowest BCUT2D eigenvalue weighted by Crippen LogP contribution is -2.20. The van der Waals surface area contributed by atoms with E-state index in [9.17, 15) is 4.79 Å². The van der Waals surface area contributed by atoms with Crippen molar-refractivity contribution in [3.05, 3.63) is 71.4 Å². The Balaban J connectivity index is 1.79. The van der Waals surface area contributed by atoms with Gasteiger partial charge in [-0.15, -0.1) is 0 Å². The third kappa shape index (κ3) is 3.40. The van der Waals surface area contributed by atoms with E-state index in [0.717, 1.165) is 16.5 Å². The molecule has 0 N–H and O–H groups in total. The highest BCUT2D eigenvalue weighted by Crippen LogP contribution is 2.25. The monoisotopic (exact) mass is 327 g/mol. The summed E-state index contributed by atoms with van der Waals surface area (Å²) in [5, 5.41) is 1.71. The van der Waals surface area contributed by atoms with Gasteiger partial charge in [-0.25, -0.2) is 4.79 Å². The number of benzene rings is 2. The van der Waals surface area contributed by atoms with Crippen molar-refractivity contribution in [2.24, 2.45) is 0 Å². The van der Waals surface area contributed by atoms with Crippen LogP contribution in [0.4, 0.5) is 0 Å². The molecule has 3 rings (SSSR count). The predicted octanol–water partition coefficient (Wildman–Crippen LogP) is 4.99. The van der Waals surface area contributed by atoms with Crippen LogP contribution in [0.2, 0.25) is 5.02 Å². The Kier molecular flexibility index (Phi) is 4.68. The zero-order chi connectivity index (χ0) is 16.2. The second-order valence-corrected chi connectivity index (χ2v) is 5.88. The average molecular weight is 328 g/mol. The first-order valence-electron chi connectivity index (χ1n) is 7.65. The van der Waals surface area contributed by atoms with Crippen molar-refractivity contribution in [3.8, 4) is 0 Å². The molecular formula is C19H18ClNO2. The molecule has 0 amide bonds. The second kappa shape index (κ2) is 6.88. The van der Waals surface area contributed by atoms with Crippen LogP contribution in [0.3, 0.4) is 0 Å². The Labute approximate surface area is 140 Å². The van der Waals surface area contributed by atoms with Crippen LogP contribution in [-0.4, -0.2) is 10.5 Å². The van der Waals surface area contributed by atoms with Crippen LogP contribution < -0.4 is 0 Å². The number of carbonyl (C=O) groups excluding carboxylic acids is 1. The van der Waals surface area contributed by atoms with E-state index >= 15 is 0 Å². The second-order valence-electron chi connectivity index (χ2n) is 5.44. The summed E-state index contributed by atoms with van der Waals surface area (Å²) in [7, 11) is 0.